The molecule has 0 heterocycles. The van der Waals surface area contributed by atoms with Crippen molar-refractivity contribution in [3.8, 4) is 0 Å². The van der Waals surface area contributed by atoms with E-state index in [1.54, 1.807) is 0 Å². The number of hydrogen-bond acceptors (Lipinski definition) is 2. The Hall–Kier alpha value is 0.0500. The number of hydrogen-bond donors (Lipinski definition) is 1. The van der Waals surface area contributed by atoms with Crippen LogP contribution < -0.4 is 5.73 Å². The van der Waals surface area contributed by atoms with Crippen molar-refractivity contribution in [2.45, 2.75) is 32.2 Å². The Morgan fingerprint density at radius 2 is 2.36 bits per heavy atom. The van der Waals surface area contributed by atoms with Crippen LogP contribution in [0.3, 0.4) is 0 Å². The predicted octanol–water partition coefficient (Wildman–Crippen LogP) is 2.42. The molecule has 0 aromatic rings. The van der Waals surface area contributed by atoms with Gasteiger partial charge in [0.2, 0.25) is 0 Å². The zero-order chi connectivity index (χ0) is 8.53. The molecule has 0 bridgehead atoms. The van der Waals surface area contributed by atoms with Gasteiger partial charge in [-0.3, -0.25) is 0 Å². The van der Waals surface area contributed by atoms with Gasteiger partial charge in [0.15, 0.2) is 0 Å². The van der Waals surface area contributed by atoms with Crippen molar-refractivity contribution < 1.29 is 0 Å². The molecule has 0 saturated heterocycles. The van der Waals surface area contributed by atoms with Crippen molar-refractivity contribution in [3.05, 3.63) is 12.7 Å². The third-order valence-corrected chi connectivity index (χ3v) is 2.78. The molecular formula is C9H19NS. The molecule has 1 nitrogen and oxygen atoms in total. The second-order valence-corrected chi connectivity index (χ2v) is 3.85. The molecule has 0 radical (unpaired) electrons. The van der Waals surface area contributed by atoms with Gasteiger partial charge in [0.25, 0.3) is 0 Å². The summed E-state index contributed by atoms with van der Waals surface area (Å²) < 4.78 is 0. The molecule has 0 amide bonds. The van der Waals surface area contributed by atoms with Crippen LogP contribution >= 0.6 is 11.8 Å². The van der Waals surface area contributed by atoms with Crippen molar-refractivity contribution in [2.24, 2.45) is 5.73 Å². The Morgan fingerprint density at radius 3 is 2.91 bits per heavy atom. The summed E-state index contributed by atoms with van der Waals surface area (Å²) in [5.41, 5.74) is 5.83. The van der Waals surface area contributed by atoms with Gasteiger partial charge in [-0.2, -0.15) is 11.8 Å². The van der Waals surface area contributed by atoms with Crippen LogP contribution in [-0.4, -0.2) is 17.5 Å². The van der Waals surface area contributed by atoms with E-state index in [0.29, 0.717) is 6.04 Å². The molecular weight excluding hydrogens is 154 g/mol. The SMILES string of the molecule is C=CCCC(N)CSCCC. The van der Waals surface area contributed by atoms with Crippen molar-refractivity contribution in [2.75, 3.05) is 11.5 Å². The van der Waals surface area contributed by atoms with Crippen molar-refractivity contribution in [3.63, 3.8) is 0 Å². The Labute approximate surface area is 74.4 Å². The van der Waals surface area contributed by atoms with Crippen LogP contribution in [0.4, 0.5) is 0 Å². The monoisotopic (exact) mass is 173 g/mol. The first-order valence-corrected chi connectivity index (χ1v) is 5.41. The molecule has 66 valence electrons. The highest BCUT2D eigenvalue weighted by Crippen LogP contribution is 2.06. The Bertz CT molecular complexity index is 93.6. The number of allylic oxidation sites excluding steroid dienone is 1. The lowest BCUT2D eigenvalue weighted by molar-refractivity contribution is 0.685. The van der Waals surface area contributed by atoms with Crippen LogP contribution in [0.15, 0.2) is 12.7 Å². The minimum absolute atomic E-state index is 0.365. The summed E-state index contributed by atoms with van der Waals surface area (Å²) >= 11 is 1.95. The van der Waals surface area contributed by atoms with Gasteiger partial charge in [-0.15, -0.1) is 6.58 Å². The lowest BCUT2D eigenvalue weighted by Gasteiger charge is -2.08. The normalized spacial score (nSPS) is 12.9. The number of nitrogens with two attached hydrogens (primary N) is 1. The van der Waals surface area contributed by atoms with Gasteiger partial charge in [-0.05, 0) is 25.0 Å². The fraction of sp³-hybridized carbons (Fsp3) is 0.778. The quantitative estimate of drug-likeness (QED) is 0.472. The minimum atomic E-state index is 0.365. The first-order chi connectivity index (χ1) is 5.31. The smallest absolute Gasteiger partial charge is 0.0133 e. The zero-order valence-electron chi connectivity index (χ0n) is 7.38. The predicted molar refractivity (Wildman–Crippen MR) is 55.0 cm³/mol. The summed E-state index contributed by atoms with van der Waals surface area (Å²) in [4.78, 5) is 0. The maximum Gasteiger partial charge on any atom is 0.0133 e. The molecule has 1 atom stereocenters. The van der Waals surface area contributed by atoms with Crippen molar-refractivity contribution in [1.29, 1.82) is 0 Å². The molecule has 11 heavy (non-hydrogen) atoms. The molecule has 0 aromatic heterocycles. The van der Waals surface area contributed by atoms with Crippen LogP contribution in [0.2, 0.25) is 0 Å². The second kappa shape index (κ2) is 8.15. The van der Waals surface area contributed by atoms with Crippen LogP contribution in [0.5, 0.6) is 0 Å². The van der Waals surface area contributed by atoms with Crippen LogP contribution in [0.25, 0.3) is 0 Å². The molecule has 1 unspecified atom stereocenters. The van der Waals surface area contributed by atoms with E-state index in [9.17, 15) is 0 Å². The van der Waals surface area contributed by atoms with Gasteiger partial charge in [0.1, 0.15) is 0 Å². The summed E-state index contributed by atoms with van der Waals surface area (Å²) in [5.74, 6) is 2.34. The van der Waals surface area contributed by atoms with Crippen LogP contribution in [0.1, 0.15) is 26.2 Å². The van der Waals surface area contributed by atoms with E-state index in [0.717, 1.165) is 18.6 Å². The Balaban J connectivity index is 3.08. The average molecular weight is 173 g/mol. The molecule has 0 aliphatic heterocycles. The Morgan fingerprint density at radius 1 is 1.64 bits per heavy atom. The molecule has 0 saturated carbocycles. The number of thioether (sulfide) groups is 1. The summed E-state index contributed by atoms with van der Waals surface area (Å²) in [5, 5.41) is 0. The first-order valence-electron chi connectivity index (χ1n) is 4.25. The van der Waals surface area contributed by atoms with Gasteiger partial charge < -0.3 is 5.73 Å². The van der Waals surface area contributed by atoms with E-state index in [1.807, 2.05) is 17.8 Å². The van der Waals surface area contributed by atoms with Crippen molar-refractivity contribution >= 4 is 11.8 Å². The summed E-state index contributed by atoms with van der Waals surface area (Å²) in [7, 11) is 0. The first kappa shape index (κ1) is 11.1. The lowest BCUT2D eigenvalue weighted by Crippen LogP contribution is -2.22. The van der Waals surface area contributed by atoms with Crippen LogP contribution in [-0.2, 0) is 0 Å². The third-order valence-electron chi connectivity index (χ3n) is 1.42. The van der Waals surface area contributed by atoms with Crippen molar-refractivity contribution in [1.82, 2.24) is 0 Å². The summed E-state index contributed by atoms with van der Waals surface area (Å²) in [6.45, 7) is 5.86. The largest absolute Gasteiger partial charge is 0.327 e. The van der Waals surface area contributed by atoms with E-state index in [1.165, 1.54) is 12.2 Å². The molecule has 2 heteroatoms. The molecule has 0 rings (SSSR count). The standard InChI is InChI=1S/C9H19NS/c1-3-5-6-9(10)8-11-7-4-2/h3,9H,1,4-8,10H2,2H3. The van der Waals surface area contributed by atoms with Gasteiger partial charge >= 0.3 is 0 Å². The average Bonchev–Trinajstić information content (AvgIpc) is 2.01. The topological polar surface area (TPSA) is 26.0 Å². The zero-order valence-corrected chi connectivity index (χ0v) is 8.20. The number of rotatable bonds is 7. The third kappa shape index (κ3) is 7.95. The molecule has 2 N–H and O–H groups in total. The highest BCUT2D eigenvalue weighted by atomic mass is 32.2. The van der Waals surface area contributed by atoms with E-state index >= 15 is 0 Å². The van der Waals surface area contributed by atoms with Gasteiger partial charge in [-0.25, -0.2) is 0 Å². The van der Waals surface area contributed by atoms with Gasteiger partial charge in [0, 0.05) is 11.8 Å². The Kier molecular flexibility index (Phi) is 8.19. The van der Waals surface area contributed by atoms with E-state index in [-0.39, 0.29) is 0 Å². The minimum Gasteiger partial charge on any atom is -0.327 e. The summed E-state index contributed by atoms with van der Waals surface area (Å²) in [6, 6.07) is 0.365. The molecule has 0 aromatic carbocycles. The molecule has 0 spiro atoms. The van der Waals surface area contributed by atoms with Gasteiger partial charge in [-0.1, -0.05) is 13.0 Å². The second-order valence-electron chi connectivity index (χ2n) is 2.70. The van der Waals surface area contributed by atoms with E-state index < -0.39 is 0 Å². The van der Waals surface area contributed by atoms with Crippen LogP contribution in [0, 0.1) is 0 Å². The van der Waals surface area contributed by atoms with Gasteiger partial charge in [0.05, 0.1) is 0 Å². The summed E-state index contributed by atoms with van der Waals surface area (Å²) in [6.07, 6.45) is 5.32. The van der Waals surface area contributed by atoms with E-state index in [4.69, 9.17) is 5.73 Å². The van der Waals surface area contributed by atoms with E-state index in [2.05, 4.69) is 13.5 Å². The fourth-order valence-corrected chi connectivity index (χ4v) is 1.72. The maximum atomic E-state index is 5.83. The highest BCUT2D eigenvalue weighted by molar-refractivity contribution is 7.99. The fourth-order valence-electron chi connectivity index (χ4n) is 0.794. The molecule has 0 fully saturated rings. The maximum absolute atomic E-state index is 5.83. The molecule has 0 aliphatic carbocycles. The molecule has 0 aliphatic rings. The highest BCUT2D eigenvalue weighted by Gasteiger charge is 1.99. The lowest BCUT2D eigenvalue weighted by atomic mass is 10.2.